The van der Waals surface area contributed by atoms with Crippen LogP contribution in [0.3, 0.4) is 0 Å². The molecule has 11 heavy (non-hydrogen) atoms. The van der Waals surface area contributed by atoms with Crippen LogP contribution in [0.5, 0.6) is 0 Å². The summed E-state index contributed by atoms with van der Waals surface area (Å²) in [5, 5.41) is 0.336. The highest BCUT2D eigenvalue weighted by Crippen LogP contribution is 2.06. The molecule has 1 aromatic rings. The SMILES string of the molecule is CC(C)Cc1ccnc(Cl)n1. The Kier molecular flexibility index (Phi) is 2.83. The third-order valence-corrected chi connectivity index (χ3v) is 1.48. The van der Waals surface area contributed by atoms with Gasteiger partial charge in [0.25, 0.3) is 0 Å². The second-order valence-corrected chi connectivity index (χ2v) is 3.25. The van der Waals surface area contributed by atoms with Crippen LogP contribution in [-0.2, 0) is 6.42 Å². The molecule has 0 bridgehead atoms. The van der Waals surface area contributed by atoms with E-state index >= 15 is 0 Å². The molecule has 0 aromatic carbocycles. The van der Waals surface area contributed by atoms with Gasteiger partial charge in [0.15, 0.2) is 0 Å². The van der Waals surface area contributed by atoms with Crippen LogP contribution in [0, 0.1) is 5.92 Å². The van der Waals surface area contributed by atoms with Crippen molar-refractivity contribution in [1.29, 1.82) is 0 Å². The fourth-order valence-electron chi connectivity index (χ4n) is 0.901. The predicted molar refractivity (Wildman–Crippen MR) is 45.6 cm³/mol. The first-order chi connectivity index (χ1) is 5.18. The lowest BCUT2D eigenvalue weighted by Gasteiger charge is -2.02. The third-order valence-electron chi connectivity index (χ3n) is 1.30. The molecule has 0 saturated heterocycles. The summed E-state index contributed by atoms with van der Waals surface area (Å²) in [6.07, 6.45) is 2.65. The van der Waals surface area contributed by atoms with E-state index in [-0.39, 0.29) is 0 Å². The highest BCUT2D eigenvalue weighted by atomic mass is 35.5. The van der Waals surface area contributed by atoms with Crippen LogP contribution in [0.1, 0.15) is 19.5 Å². The molecule has 0 aliphatic heterocycles. The smallest absolute Gasteiger partial charge is 0.222 e. The molecule has 0 spiro atoms. The molecule has 0 atom stereocenters. The molecule has 60 valence electrons. The summed E-state index contributed by atoms with van der Waals surface area (Å²) in [5.41, 5.74) is 1.01. The van der Waals surface area contributed by atoms with Crippen molar-refractivity contribution in [3.63, 3.8) is 0 Å². The first-order valence-electron chi connectivity index (χ1n) is 3.66. The first-order valence-corrected chi connectivity index (χ1v) is 4.03. The van der Waals surface area contributed by atoms with Crippen molar-refractivity contribution in [3.05, 3.63) is 23.2 Å². The summed E-state index contributed by atoms with van der Waals surface area (Å²) >= 11 is 5.61. The van der Waals surface area contributed by atoms with E-state index in [1.807, 2.05) is 6.07 Å². The van der Waals surface area contributed by atoms with Gasteiger partial charge in [0.05, 0.1) is 0 Å². The molecule has 0 fully saturated rings. The van der Waals surface area contributed by atoms with Crippen LogP contribution >= 0.6 is 11.6 Å². The molecule has 1 rings (SSSR count). The lowest BCUT2D eigenvalue weighted by molar-refractivity contribution is 0.634. The number of hydrogen-bond acceptors (Lipinski definition) is 2. The Hall–Kier alpha value is -0.630. The lowest BCUT2D eigenvalue weighted by atomic mass is 10.1. The molecule has 0 aliphatic rings. The van der Waals surface area contributed by atoms with Gasteiger partial charge >= 0.3 is 0 Å². The standard InChI is InChI=1S/C8H11ClN2/c1-6(2)5-7-3-4-10-8(9)11-7/h3-4,6H,5H2,1-2H3. The largest absolute Gasteiger partial charge is 0.227 e. The van der Waals surface area contributed by atoms with Crippen molar-refractivity contribution in [2.75, 3.05) is 0 Å². The molecular weight excluding hydrogens is 160 g/mol. The Balaban J connectivity index is 2.71. The van der Waals surface area contributed by atoms with Crippen molar-refractivity contribution in [1.82, 2.24) is 9.97 Å². The van der Waals surface area contributed by atoms with Crippen molar-refractivity contribution in [2.24, 2.45) is 5.92 Å². The summed E-state index contributed by atoms with van der Waals surface area (Å²) in [5.74, 6) is 0.612. The molecule has 2 nitrogen and oxygen atoms in total. The molecule has 0 saturated carbocycles. The second-order valence-electron chi connectivity index (χ2n) is 2.91. The molecule has 0 radical (unpaired) electrons. The zero-order valence-corrected chi connectivity index (χ0v) is 7.47. The number of nitrogens with zero attached hydrogens (tertiary/aromatic N) is 2. The number of aromatic nitrogens is 2. The van der Waals surface area contributed by atoms with E-state index in [1.165, 1.54) is 0 Å². The van der Waals surface area contributed by atoms with Crippen LogP contribution in [0.4, 0.5) is 0 Å². The van der Waals surface area contributed by atoms with Crippen molar-refractivity contribution >= 4 is 11.6 Å². The Bertz CT molecular complexity index is 235. The molecule has 1 heterocycles. The molecule has 0 aliphatic carbocycles. The van der Waals surface area contributed by atoms with E-state index in [9.17, 15) is 0 Å². The summed E-state index contributed by atoms with van der Waals surface area (Å²) < 4.78 is 0. The average Bonchev–Trinajstić information content (AvgIpc) is 1.85. The van der Waals surface area contributed by atoms with E-state index in [0.717, 1.165) is 12.1 Å². The molecule has 0 amide bonds. The third kappa shape index (κ3) is 2.85. The van der Waals surface area contributed by atoms with Crippen LogP contribution in [0.25, 0.3) is 0 Å². The summed E-state index contributed by atoms with van der Waals surface area (Å²) in [4.78, 5) is 7.87. The van der Waals surface area contributed by atoms with Crippen molar-refractivity contribution < 1.29 is 0 Å². The fourth-order valence-corrected chi connectivity index (χ4v) is 1.07. The molecular formula is C8H11ClN2. The maximum Gasteiger partial charge on any atom is 0.222 e. The molecule has 3 heteroatoms. The zero-order valence-electron chi connectivity index (χ0n) is 6.71. The maximum atomic E-state index is 5.61. The summed E-state index contributed by atoms with van der Waals surface area (Å²) in [7, 11) is 0. The normalized spacial score (nSPS) is 10.5. The number of rotatable bonds is 2. The highest BCUT2D eigenvalue weighted by molar-refractivity contribution is 6.28. The quantitative estimate of drug-likeness (QED) is 0.637. The van der Waals surface area contributed by atoms with E-state index in [4.69, 9.17) is 11.6 Å². The zero-order chi connectivity index (χ0) is 8.27. The van der Waals surface area contributed by atoms with Gasteiger partial charge in [0.2, 0.25) is 5.28 Å². The lowest BCUT2D eigenvalue weighted by Crippen LogP contribution is -1.97. The Morgan fingerprint density at radius 3 is 2.82 bits per heavy atom. The number of hydrogen-bond donors (Lipinski definition) is 0. The minimum absolute atomic E-state index is 0.336. The van der Waals surface area contributed by atoms with E-state index in [1.54, 1.807) is 6.20 Å². The first kappa shape index (κ1) is 8.47. The van der Waals surface area contributed by atoms with Gasteiger partial charge in [-0.3, -0.25) is 0 Å². The van der Waals surface area contributed by atoms with E-state index in [0.29, 0.717) is 11.2 Å². The highest BCUT2D eigenvalue weighted by Gasteiger charge is 1.99. The van der Waals surface area contributed by atoms with Crippen LogP contribution < -0.4 is 0 Å². The van der Waals surface area contributed by atoms with Crippen LogP contribution in [0.2, 0.25) is 5.28 Å². The number of halogens is 1. The topological polar surface area (TPSA) is 25.8 Å². The summed E-state index contributed by atoms with van der Waals surface area (Å²) in [6, 6.07) is 1.89. The van der Waals surface area contributed by atoms with Gasteiger partial charge in [0, 0.05) is 11.9 Å². The predicted octanol–water partition coefficient (Wildman–Crippen LogP) is 2.33. The van der Waals surface area contributed by atoms with Crippen molar-refractivity contribution in [2.45, 2.75) is 20.3 Å². The molecule has 0 unspecified atom stereocenters. The average molecular weight is 171 g/mol. The fraction of sp³-hybridized carbons (Fsp3) is 0.500. The van der Waals surface area contributed by atoms with Gasteiger partial charge < -0.3 is 0 Å². The van der Waals surface area contributed by atoms with Crippen LogP contribution in [-0.4, -0.2) is 9.97 Å². The van der Waals surface area contributed by atoms with Crippen LogP contribution in [0.15, 0.2) is 12.3 Å². The minimum atomic E-state index is 0.336. The van der Waals surface area contributed by atoms with Gasteiger partial charge in [-0.05, 0) is 30.0 Å². The Morgan fingerprint density at radius 2 is 2.27 bits per heavy atom. The van der Waals surface area contributed by atoms with Gasteiger partial charge in [0.1, 0.15) is 0 Å². The maximum absolute atomic E-state index is 5.61. The monoisotopic (exact) mass is 170 g/mol. The minimum Gasteiger partial charge on any atom is -0.227 e. The molecule has 0 N–H and O–H groups in total. The van der Waals surface area contributed by atoms with E-state index in [2.05, 4.69) is 23.8 Å². The van der Waals surface area contributed by atoms with Crippen molar-refractivity contribution in [3.8, 4) is 0 Å². The van der Waals surface area contributed by atoms with Gasteiger partial charge in [-0.25, -0.2) is 9.97 Å². The van der Waals surface area contributed by atoms with Gasteiger partial charge in [-0.15, -0.1) is 0 Å². The molecule has 1 aromatic heterocycles. The second kappa shape index (κ2) is 3.67. The van der Waals surface area contributed by atoms with Gasteiger partial charge in [-0.2, -0.15) is 0 Å². The summed E-state index contributed by atoms with van der Waals surface area (Å²) in [6.45, 7) is 4.30. The Morgan fingerprint density at radius 1 is 1.55 bits per heavy atom. The van der Waals surface area contributed by atoms with E-state index < -0.39 is 0 Å². The van der Waals surface area contributed by atoms with Gasteiger partial charge in [-0.1, -0.05) is 13.8 Å². The Labute approximate surface area is 71.6 Å².